The van der Waals surface area contributed by atoms with Crippen molar-refractivity contribution < 1.29 is 19.1 Å². The Bertz CT molecular complexity index is 1230. The molecule has 0 aliphatic heterocycles. The summed E-state index contributed by atoms with van der Waals surface area (Å²) >= 11 is 0. The van der Waals surface area contributed by atoms with Gasteiger partial charge in [0, 0.05) is 17.5 Å². The van der Waals surface area contributed by atoms with E-state index in [1.165, 1.54) is 5.56 Å². The second-order valence-electron chi connectivity index (χ2n) is 10.3. The maximum absolute atomic E-state index is 11.2. The van der Waals surface area contributed by atoms with Gasteiger partial charge >= 0.3 is 5.97 Å². The molecule has 0 bridgehead atoms. The van der Waals surface area contributed by atoms with Crippen LogP contribution in [0.4, 0.5) is 0 Å². The van der Waals surface area contributed by atoms with E-state index in [2.05, 4.69) is 58.0 Å². The monoisotopic (exact) mass is 473 g/mol. The van der Waals surface area contributed by atoms with Crippen molar-refractivity contribution in [2.24, 2.45) is 5.41 Å². The summed E-state index contributed by atoms with van der Waals surface area (Å²) in [6.07, 6.45) is 4.39. The topological polar surface area (TPSA) is 72.6 Å². The smallest absolute Gasteiger partial charge is 0.307 e. The van der Waals surface area contributed by atoms with E-state index < -0.39 is 5.97 Å². The molecule has 35 heavy (non-hydrogen) atoms. The molecule has 0 spiro atoms. The number of rotatable bonds is 8. The average molecular weight is 474 g/mol. The first-order valence-corrected chi connectivity index (χ1v) is 12.4. The molecule has 0 atom stereocenters. The highest BCUT2D eigenvalue weighted by Crippen LogP contribution is 2.47. The van der Waals surface area contributed by atoms with E-state index in [4.69, 9.17) is 14.1 Å². The summed E-state index contributed by atoms with van der Waals surface area (Å²) in [7, 11) is 0. The molecule has 184 valence electrons. The third-order valence-electron chi connectivity index (χ3n) is 6.95. The Labute approximate surface area is 207 Å². The van der Waals surface area contributed by atoms with E-state index in [-0.39, 0.29) is 11.8 Å². The fraction of sp³-hybridized carbons (Fsp3) is 0.400. The number of aliphatic carboxylic acids is 1. The molecule has 1 heterocycles. The second kappa shape index (κ2) is 10.1. The second-order valence-corrected chi connectivity index (χ2v) is 10.3. The number of carbonyl (C=O) groups is 1. The molecule has 1 aliphatic rings. The van der Waals surface area contributed by atoms with Gasteiger partial charge in [-0.3, -0.25) is 4.79 Å². The van der Waals surface area contributed by atoms with Gasteiger partial charge in [0.2, 0.25) is 5.89 Å². The quantitative estimate of drug-likeness (QED) is 0.374. The van der Waals surface area contributed by atoms with Crippen LogP contribution < -0.4 is 4.74 Å². The number of aryl methyl sites for hydroxylation is 1. The molecule has 5 heteroatoms. The van der Waals surface area contributed by atoms with Gasteiger partial charge in [-0.2, -0.15) is 0 Å². The molecule has 0 unspecified atom stereocenters. The fourth-order valence-corrected chi connectivity index (χ4v) is 4.78. The van der Waals surface area contributed by atoms with Crippen molar-refractivity contribution in [3.63, 3.8) is 0 Å². The minimum absolute atomic E-state index is 0.0251. The molecule has 1 aliphatic carbocycles. The number of oxazole rings is 1. The standard InChI is InChI=1S/C30H35NO4/c1-19(2)21-9-11-22(12-10-21)29-31-26(20(3)35-29)16-18-34-27-8-6-7-23-24(27)15-17-30(4,5)25(23)13-14-28(32)33/h6-13,19H,14-18H2,1-5H3,(H,32,33)/b25-13+. The molecule has 4 rings (SSSR count). The number of hydrogen-bond donors (Lipinski definition) is 1. The zero-order chi connectivity index (χ0) is 25.2. The Balaban J connectivity index is 1.48. The zero-order valence-electron chi connectivity index (χ0n) is 21.4. The van der Waals surface area contributed by atoms with E-state index >= 15 is 0 Å². The summed E-state index contributed by atoms with van der Waals surface area (Å²) in [5.41, 5.74) is 6.46. The molecular weight excluding hydrogens is 438 g/mol. The van der Waals surface area contributed by atoms with Gasteiger partial charge in [0.05, 0.1) is 18.7 Å². The first-order valence-electron chi connectivity index (χ1n) is 12.4. The summed E-state index contributed by atoms with van der Waals surface area (Å²) < 4.78 is 12.2. The van der Waals surface area contributed by atoms with Crippen molar-refractivity contribution >= 4 is 11.5 Å². The van der Waals surface area contributed by atoms with Crippen LogP contribution in [0, 0.1) is 12.3 Å². The lowest BCUT2D eigenvalue weighted by Gasteiger charge is -2.35. The van der Waals surface area contributed by atoms with Gasteiger partial charge in [0.25, 0.3) is 0 Å². The van der Waals surface area contributed by atoms with Crippen LogP contribution in [0.3, 0.4) is 0 Å². The Hall–Kier alpha value is -3.34. The summed E-state index contributed by atoms with van der Waals surface area (Å²) in [5, 5.41) is 9.19. The summed E-state index contributed by atoms with van der Waals surface area (Å²) in [5.74, 6) is 1.99. The maximum atomic E-state index is 11.2. The van der Waals surface area contributed by atoms with Crippen molar-refractivity contribution in [3.8, 4) is 17.2 Å². The van der Waals surface area contributed by atoms with Gasteiger partial charge in [-0.1, -0.05) is 58.0 Å². The summed E-state index contributed by atoms with van der Waals surface area (Å²) in [4.78, 5) is 15.9. The summed E-state index contributed by atoms with van der Waals surface area (Å²) in [6, 6.07) is 14.5. The predicted molar refractivity (Wildman–Crippen MR) is 139 cm³/mol. The highest BCUT2D eigenvalue weighted by molar-refractivity contribution is 5.79. The number of allylic oxidation sites excluding steroid dienone is 1. The molecule has 0 radical (unpaired) electrons. The number of hydrogen-bond acceptors (Lipinski definition) is 4. The van der Waals surface area contributed by atoms with Gasteiger partial charge in [0.1, 0.15) is 11.5 Å². The van der Waals surface area contributed by atoms with Gasteiger partial charge < -0.3 is 14.3 Å². The largest absolute Gasteiger partial charge is 0.493 e. The number of benzene rings is 2. The third kappa shape index (κ3) is 5.50. The molecule has 0 amide bonds. The van der Waals surface area contributed by atoms with Gasteiger partial charge in [-0.25, -0.2) is 4.98 Å². The zero-order valence-corrected chi connectivity index (χ0v) is 21.4. The number of carboxylic acid groups (broad SMARTS) is 1. The van der Waals surface area contributed by atoms with Crippen LogP contribution in [0.5, 0.6) is 5.75 Å². The molecule has 0 saturated heterocycles. The lowest BCUT2D eigenvalue weighted by Crippen LogP contribution is -2.22. The molecule has 1 aromatic heterocycles. The molecule has 2 aromatic carbocycles. The van der Waals surface area contributed by atoms with Crippen molar-refractivity contribution in [2.45, 2.75) is 66.2 Å². The highest BCUT2D eigenvalue weighted by Gasteiger charge is 2.32. The number of aromatic nitrogens is 1. The number of nitrogens with zero attached hydrogens (tertiary/aromatic N) is 1. The van der Waals surface area contributed by atoms with Crippen molar-refractivity contribution in [1.29, 1.82) is 0 Å². The molecule has 5 nitrogen and oxygen atoms in total. The van der Waals surface area contributed by atoms with Crippen molar-refractivity contribution in [2.75, 3.05) is 6.61 Å². The Morgan fingerprint density at radius 2 is 1.94 bits per heavy atom. The van der Waals surface area contributed by atoms with E-state index in [0.29, 0.717) is 24.8 Å². The number of fused-ring (bicyclic) bond motifs is 1. The molecule has 0 saturated carbocycles. The molecule has 0 fully saturated rings. The fourth-order valence-electron chi connectivity index (χ4n) is 4.78. The lowest BCUT2D eigenvalue weighted by molar-refractivity contribution is -0.136. The van der Waals surface area contributed by atoms with Crippen LogP contribution in [0.1, 0.15) is 74.6 Å². The minimum atomic E-state index is -0.814. The van der Waals surface area contributed by atoms with Crippen LogP contribution in [0.15, 0.2) is 53.0 Å². The first-order chi connectivity index (χ1) is 16.7. The van der Waals surface area contributed by atoms with Gasteiger partial charge in [-0.15, -0.1) is 0 Å². The van der Waals surface area contributed by atoms with Gasteiger partial charge in [0.15, 0.2) is 0 Å². The number of ether oxygens (including phenoxy) is 1. The Kier molecular flexibility index (Phi) is 7.15. The normalized spacial score (nSPS) is 15.9. The Morgan fingerprint density at radius 3 is 2.63 bits per heavy atom. The van der Waals surface area contributed by atoms with E-state index in [1.807, 2.05) is 25.1 Å². The van der Waals surface area contributed by atoms with Crippen LogP contribution in [-0.2, 0) is 17.6 Å². The molecule has 1 N–H and O–H groups in total. The highest BCUT2D eigenvalue weighted by atomic mass is 16.5. The SMILES string of the molecule is Cc1oc(-c2ccc(C(C)C)cc2)nc1CCOc1cccc2c1CCC(C)(C)/C2=C/CC(=O)O. The third-order valence-corrected chi connectivity index (χ3v) is 6.95. The van der Waals surface area contributed by atoms with E-state index in [9.17, 15) is 9.90 Å². The van der Waals surface area contributed by atoms with Crippen LogP contribution >= 0.6 is 0 Å². The van der Waals surface area contributed by atoms with Crippen molar-refractivity contribution in [3.05, 3.63) is 76.7 Å². The van der Waals surface area contributed by atoms with Crippen LogP contribution in [-0.4, -0.2) is 22.7 Å². The minimum Gasteiger partial charge on any atom is -0.493 e. The first kappa shape index (κ1) is 24.8. The lowest BCUT2D eigenvalue weighted by atomic mass is 9.70. The van der Waals surface area contributed by atoms with E-state index in [0.717, 1.165) is 52.3 Å². The van der Waals surface area contributed by atoms with Crippen LogP contribution in [0.2, 0.25) is 0 Å². The number of carboxylic acids is 1. The summed E-state index contributed by atoms with van der Waals surface area (Å²) in [6.45, 7) is 11.2. The predicted octanol–water partition coefficient (Wildman–Crippen LogP) is 7.23. The molecule has 3 aromatic rings. The molecular formula is C30H35NO4. The Morgan fingerprint density at radius 1 is 1.20 bits per heavy atom. The van der Waals surface area contributed by atoms with Crippen molar-refractivity contribution in [1.82, 2.24) is 4.98 Å². The van der Waals surface area contributed by atoms with E-state index in [1.54, 1.807) is 0 Å². The van der Waals surface area contributed by atoms with Gasteiger partial charge in [-0.05, 0) is 66.0 Å². The maximum Gasteiger partial charge on any atom is 0.307 e. The average Bonchev–Trinajstić information content (AvgIpc) is 3.18. The van der Waals surface area contributed by atoms with Crippen LogP contribution in [0.25, 0.3) is 17.0 Å².